The highest BCUT2D eigenvalue weighted by atomic mass is 32.2. The normalized spacial score (nSPS) is 12.4. The van der Waals surface area contributed by atoms with Crippen LogP contribution in [0.1, 0.15) is 12.0 Å². The number of carbonyl (C=O) groups is 2. The summed E-state index contributed by atoms with van der Waals surface area (Å²) >= 11 is 0. The van der Waals surface area contributed by atoms with Gasteiger partial charge in [0.05, 0.1) is 6.42 Å². The number of benzene rings is 1. The minimum Gasteiger partial charge on any atom is -0.481 e. The van der Waals surface area contributed by atoms with Crippen LogP contribution in [0.4, 0.5) is 4.39 Å². The number of rotatable bonds is 6. The maximum atomic E-state index is 13.4. The van der Waals surface area contributed by atoms with Gasteiger partial charge in [-0.2, -0.15) is 9.98 Å². The Labute approximate surface area is 118 Å². The SMILES string of the molecule is N#Cc1c(F)cccc1S(=O)(=O)N[C@H](CC(=O)O)C(=O)O. The van der Waals surface area contributed by atoms with Crippen molar-refractivity contribution in [3.8, 4) is 6.07 Å². The smallest absolute Gasteiger partial charge is 0.322 e. The summed E-state index contributed by atoms with van der Waals surface area (Å²) in [5.41, 5.74) is -0.788. The highest BCUT2D eigenvalue weighted by molar-refractivity contribution is 7.89. The lowest BCUT2D eigenvalue weighted by Gasteiger charge is -2.13. The molecule has 0 spiro atoms. The molecule has 0 aliphatic rings. The zero-order valence-electron chi connectivity index (χ0n) is 10.3. The third kappa shape index (κ3) is 3.98. The molecule has 0 fully saturated rings. The van der Waals surface area contributed by atoms with E-state index in [0.717, 1.165) is 18.2 Å². The topological polar surface area (TPSA) is 145 Å². The van der Waals surface area contributed by atoms with Gasteiger partial charge in [-0.3, -0.25) is 9.59 Å². The minimum atomic E-state index is -4.57. The Hall–Kier alpha value is -2.51. The van der Waals surface area contributed by atoms with E-state index in [1.54, 1.807) is 4.72 Å². The van der Waals surface area contributed by atoms with E-state index < -0.39 is 50.7 Å². The van der Waals surface area contributed by atoms with Gasteiger partial charge in [0.15, 0.2) is 0 Å². The monoisotopic (exact) mass is 316 g/mol. The summed E-state index contributed by atoms with van der Waals surface area (Å²) in [5.74, 6) is -4.34. The first-order valence-electron chi connectivity index (χ1n) is 5.34. The Kier molecular flexibility index (Phi) is 4.96. The lowest BCUT2D eigenvalue weighted by molar-refractivity contribution is -0.145. The molecule has 0 bridgehead atoms. The number of nitrogens with one attached hydrogen (secondary N) is 1. The Balaban J connectivity index is 3.23. The maximum absolute atomic E-state index is 13.4. The van der Waals surface area contributed by atoms with Gasteiger partial charge in [0.1, 0.15) is 28.4 Å². The lowest BCUT2D eigenvalue weighted by Crippen LogP contribution is -2.42. The van der Waals surface area contributed by atoms with Crippen LogP contribution in [0.15, 0.2) is 23.1 Å². The number of halogens is 1. The van der Waals surface area contributed by atoms with E-state index >= 15 is 0 Å². The van der Waals surface area contributed by atoms with Crippen LogP contribution >= 0.6 is 0 Å². The first kappa shape index (κ1) is 16.5. The third-order valence-electron chi connectivity index (χ3n) is 2.35. The van der Waals surface area contributed by atoms with Crippen molar-refractivity contribution in [2.45, 2.75) is 17.4 Å². The van der Waals surface area contributed by atoms with E-state index in [9.17, 15) is 22.4 Å². The summed E-state index contributed by atoms with van der Waals surface area (Å²) in [6.45, 7) is 0. The number of carboxylic acid groups (broad SMARTS) is 2. The molecule has 0 saturated heterocycles. The van der Waals surface area contributed by atoms with E-state index in [1.807, 2.05) is 0 Å². The van der Waals surface area contributed by atoms with E-state index in [2.05, 4.69) is 0 Å². The molecule has 0 amide bonds. The highest BCUT2D eigenvalue weighted by Crippen LogP contribution is 2.18. The summed E-state index contributed by atoms with van der Waals surface area (Å²) < 4.78 is 38.9. The van der Waals surface area contributed by atoms with E-state index in [4.69, 9.17) is 15.5 Å². The molecule has 0 unspecified atom stereocenters. The number of aliphatic carboxylic acids is 2. The van der Waals surface area contributed by atoms with Crippen LogP contribution < -0.4 is 4.72 Å². The number of carboxylic acids is 2. The Morgan fingerprint density at radius 2 is 2.00 bits per heavy atom. The van der Waals surface area contributed by atoms with Gasteiger partial charge in [-0.25, -0.2) is 12.8 Å². The molecule has 0 aliphatic heterocycles. The fraction of sp³-hybridized carbons (Fsp3) is 0.182. The van der Waals surface area contributed by atoms with Gasteiger partial charge in [0.2, 0.25) is 10.0 Å². The summed E-state index contributed by atoms with van der Waals surface area (Å²) in [7, 11) is -4.57. The quantitative estimate of drug-likeness (QED) is 0.664. The molecule has 21 heavy (non-hydrogen) atoms. The maximum Gasteiger partial charge on any atom is 0.322 e. The van der Waals surface area contributed by atoms with Crippen molar-refractivity contribution >= 4 is 22.0 Å². The molecule has 1 rings (SSSR count). The van der Waals surface area contributed by atoms with Crippen LogP contribution in [0, 0.1) is 17.1 Å². The first-order chi connectivity index (χ1) is 9.69. The second-order valence-electron chi connectivity index (χ2n) is 3.83. The molecule has 0 radical (unpaired) electrons. The van der Waals surface area contributed by atoms with E-state index in [1.165, 1.54) is 6.07 Å². The molecule has 3 N–H and O–H groups in total. The largest absolute Gasteiger partial charge is 0.481 e. The zero-order valence-corrected chi connectivity index (χ0v) is 11.1. The third-order valence-corrected chi connectivity index (χ3v) is 3.87. The first-order valence-corrected chi connectivity index (χ1v) is 6.83. The van der Waals surface area contributed by atoms with Crippen LogP contribution in [-0.2, 0) is 19.6 Å². The van der Waals surface area contributed by atoms with Crippen molar-refractivity contribution in [1.82, 2.24) is 4.72 Å². The molecule has 0 saturated carbocycles. The van der Waals surface area contributed by atoms with Crippen molar-refractivity contribution in [3.63, 3.8) is 0 Å². The van der Waals surface area contributed by atoms with E-state index in [0.29, 0.717) is 0 Å². The molecule has 0 aliphatic carbocycles. The van der Waals surface area contributed by atoms with Gasteiger partial charge in [-0.1, -0.05) is 6.07 Å². The van der Waals surface area contributed by atoms with Gasteiger partial charge in [-0.05, 0) is 12.1 Å². The predicted octanol–water partition coefficient (Wildman–Crippen LogP) is -0.0964. The van der Waals surface area contributed by atoms with Gasteiger partial charge in [0, 0.05) is 0 Å². The van der Waals surface area contributed by atoms with Crippen LogP contribution in [-0.4, -0.2) is 36.6 Å². The van der Waals surface area contributed by atoms with Gasteiger partial charge in [0.25, 0.3) is 0 Å². The van der Waals surface area contributed by atoms with E-state index in [-0.39, 0.29) is 0 Å². The van der Waals surface area contributed by atoms with Crippen molar-refractivity contribution in [2.75, 3.05) is 0 Å². The van der Waals surface area contributed by atoms with Crippen LogP contribution in [0.5, 0.6) is 0 Å². The standard InChI is InChI=1S/C11H9FN2O6S/c12-7-2-1-3-9(6(7)5-13)21(19,20)14-8(11(17)18)4-10(15)16/h1-3,8,14H,4H2,(H,15,16)(H,17,18)/t8-/m1/s1. The lowest BCUT2D eigenvalue weighted by atomic mass is 10.2. The summed E-state index contributed by atoms with van der Waals surface area (Å²) in [4.78, 5) is 20.6. The van der Waals surface area contributed by atoms with Gasteiger partial charge >= 0.3 is 11.9 Å². The van der Waals surface area contributed by atoms with Gasteiger partial charge in [-0.15, -0.1) is 0 Å². The fourth-order valence-corrected chi connectivity index (χ4v) is 2.80. The van der Waals surface area contributed by atoms with Crippen LogP contribution in [0.2, 0.25) is 0 Å². The predicted molar refractivity (Wildman–Crippen MR) is 65.1 cm³/mol. The average Bonchev–Trinajstić information content (AvgIpc) is 2.36. The van der Waals surface area contributed by atoms with Crippen LogP contribution in [0.3, 0.4) is 0 Å². The summed E-state index contributed by atoms with van der Waals surface area (Å²) in [5, 5.41) is 26.1. The fourth-order valence-electron chi connectivity index (χ4n) is 1.44. The Morgan fingerprint density at radius 1 is 1.38 bits per heavy atom. The Morgan fingerprint density at radius 3 is 2.48 bits per heavy atom. The number of sulfonamides is 1. The number of hydrogen-bond donors (Lipinski definition) is 3. The second-order valence-corrected chi connectivity index (χ2v) is 5.52. The Bertz CT molecular complexity index is 725. The molecular formula is C11H9FN2O6S. The van der Waals surface area contributed by atoms with Crippen LogP contribution in [0.25, 0.3) is 0 Å². The van der Waals surface area contributed by atoms with Crippen molar-refractivity contribution < 1.29 is 32.6 Å². The highest BCUT2D eigenvalue weighted by Gasteiger charge is 2.29. The molecule has 8 nitrogen and oxygen atoms in total. The van der Waals surface area contributed by atoms with Crippen molar-refractivity contribution in [3.05, 3.63) is 29.6 Å². The molecule has 1 aromatic carbocycles. The molecule has 0 aromatic heterocycles. The molecule has 112 valence electrons. The minimum absolute atomic E-state index is 0.762. The summed E-state index contributed by atoms with van der Waals surface area (Å²) in [6, 6.07) is 2.21. The molecule has 10 heteroatoms. The molecule has 0 heterocycles. The number of nitrogens with zero attached hydrogens (tertiary/aromatic N) is 1. The molecular weight excluding hydrogens is 307 g/mol. The van der Waals surface area contributed by atoms with Crippen molar-refractivity contribution in [1.29, 1.82) is 5.26 Å². The zero-order chi connectivity index (χ0) is 16.2. The molecule has 1 atom stereocenters. The number of nitriles is 1. The second kappa shape index (κ2) is 6.29. The summed E-state index contributed by atoms with van der Waals surface area (Å²) in [6.07, 6.45) is -1.01. The molecule has 1 aromatic rings. The average molecular weight is 316 g/mol. The van der Waals surface area contributed by atoms with Gasteiger partial charge < -0.3 is 10.2 Å². The van der Waals surface area contributed by atoms with Crippen molar-refractivity contribution in [2.24, 2.45) is 0 Å². The number of hydrogen-bond acceptors (Lipinski definition) is 5.